The van der Waals surface area contributed by atoms with Crippen LogP contribution in [0.15, 0.2) is 12.2 Å². The molecule has 1 aliphatic carbocycles. The van der Waals surface area contributed by atoms with E-state index in [0.29, 0.717) is 0 Å². The molecular formula is C13H24. The summed E-state index contributed by atoms with van der Waals surface area (Å²) in [5, 5.41) is 0. The van der Waals surface area contributed by atoms with Crippen molar-refractivity contribution in [2.24, 2.45) is 17.8 Å². The van der Waals surface area contributed by atoms with Gasteiger partial charge in [0, 0.05) is 0 Å². The third-order valence-electron chi connectivity index (χ3n) is 3.91. The molecule has 0 amide bonds. The number of allylic oxidation sites excluding steroid dienone is 1. The minimum atomic E-state index is 0.741. The molecule has 0 aromatic carbocycles. The molecule has 3 unspecified atom stereocenters. The molecule has 0 heteroatoms. The van der Waals surface area contributed by atoms with Crippen LogP contribution in [0.3, 0.4) is 0 Å². The van der Waals surface area contributed by atoms with Gasteiger partial charge in [0.05, 0.1) is 0 Å². The van der Waals surface area contributed by atoms with Crippen molar-refractivity contribution in [3.63, 3.8) is 0 Å². The van der Waals surface area contributed by atoms with E-state index in [4.69, 9.17) is 0 Å². The van der Waals surface area contributed by atoms with E-state index in [0.717, 1.165) is 17.8 Å². The minimum Gasteiger partial charge on any atom is -0.0999 e. The molecule has 0 aromatic heterocycles. The molecule has 1 fully saturated rings. The summed E-state index contributed by atoms with van der Waals surface area (Å²) in [5.74, 6) is 2.64. The van der Waals surface area contributed by atoms with Crippen molar-refractivity contribution in [3.8, 4) is 0 Å². The molecule has 0 N–H and O–H groups in total. The zero-order chi connectivity index (χ0) is 9.84. The molecule has 1 rings (SSSR count). The van der Waals surface area contributed by atoms with Gasteiger partial charge in [-0.05, 0) is 31.1 Å². The van der Waals surface area contributed by atoms with Crippen LogP contribution in [0.25, 0.3) is 0 Å². The van der Waals surface area contributed by atoms with Crippen LogP contribution < -0.4 is 0 Å². The Morgan fingerprint density at radius 2 is 2.00 bits per heavy atom. The van der Waals surface area contributed by atoms with E-state index in [9.17, 15) is 0 Å². The Kier molecular flexibility index (Phi) is 4.02. The second-order valence-corrected chi connectivity index (χ2v) is 4.75. The average Bonchev–Trinajstić information content (AvgIpc) is 2.16. The van der Waals surface area contributed by atoms with E-state index in [-0.39, 0.29) is 0 Å². The van der Waals surface area contributed by atoms with Gasteiger partial charge in [0.15, 0.2) is 0 Å². The molecule has 76 valence electrons. The highest BCUT2D eigenvalue weighted by Crippen LogP contribution is 2.38. The van der Waals surface area contributed by atoms with Crippen LogP contribution >= 0.6 is 0 Å². The predicted molar refractivity (Wildman–Crippen MR) is 59.7 cm³/mol. The van der Waals surface area contributed by atoms with Crippen molar-refractivity contribution in [2.45, 2.75) is 52.9 Å². The molecule has 0 heterocycles. The Labute approximate surface area is 83.4 Å². The van der Waals surface area contributed by atoms with Crippen molar-refractivity contribution < 1.29 is 0 Å². The summed E-state index contributed by atoms with van der Waals surface area (Å²) in [7, 11) is 0. The monoisotopic (exact) mass is 180 g/mol. The summed E-state index contributed by atoms with van der Waals surface area (Å²) >= 11 is 0. The van der Waals surface area contributed by atoms with E-state index in [2.05, 4.69) is 27.4 Å². The van der Waals surface area contributed by atoms with E-state index in [1.807, 2.05) is 0 Å². The van der Waals surface area contributed by atoms with Crippen molar-refractivity contribution in [1.29, 1.82) is 0 Å². The Bertz CT molecular complexity index is 169. The second kappa shape index (κ2) is 4.83. The Morgan fingerprint density at radius 3 is 2.54 bits per heavy atom. The molecule has 0 bridgehead atoms. The van der Waals surface area contributed by atoms with Crippen LogP contribution in [0.1, 0.15) is 52.9 Å². The molecule has 1 saturated carbocycles. The van der Waals surface area contributed by atoms with Gasteiger partial charge < -0.3 is 0 Å². The molecular weight excluding hydrogens is 156 g/mol. The zero-order valence-corrected chi connectivity index (χ0v) is 9.47. The van der Waals surface area contributed by atoms with Crippen LogP contribution in [0, 0.1) is 17.8 Å². The second-order valence-electron chi connectivity index (χ2n) is 4.75. The SMILES string of the molecule is C=C(C)C(C)C1CCCCC1CC. The summed E-state index contributed by atoms with van der Waals surface area (Å²) in [5.41, 5.74) is 1.38. The third kappa shape index (κ3) is 2.59. The molecule has 0 aliphatic heterocycles. The smallest absolute Gasteiger partial charge is 0.0206 e. The maximum absolute atomic E-state index is 4.10. The van der Waals surface area contributed by atoms with Gasteiger partial charge in [-0.1, -0.05) is 51.7 Å². The van der Waals surface area contributed by atoms with Crippen LogP contribution in [-0.4, -0.2) is 0 Å². The molecule has 3 atom stereocenters. The summed E-state index contributed by atoms with van der Waals surface area (Å²) < 4.78 is 0. The van der Waals surface area contributed by atoms with Crippen LogP contribution in [0.5, 0.6) is 0 Å². The van der Waals surface area contributed by atoms with Crippen molar-refractivity contribution >= 4 is 0 Å². The van der Waals surface area contributed by atoms with Gasteiger partial charge in [-0.15, -0.1) is 0 Å². The first-order valence-corrected chi connectivity index (χ1v) is 5.82. The molecule has 0 nitrogen and oxygen atoms in total. The molecule has 0 saturated heterocycles. The first kappa shape index (κ1) is 10.8. The Morgan fingerprint density at radius 1 is 1.38 bits per heavy atom. The molecule has 0 spiro atoms. The van der Waals surface area contributed by atoms with Gasteiger partial charge in [-0.2, -0.15) is 0 Å². The van der Waals surface area contributed by atoms with Gasteiger partial charge in [-0.3, -0.25) is 0 Å². The van der Waals surface area contributed by atoms with E-state index >= 15 is 0 Å². The minimum absolute atomic E-state index is 0.741. The summed E-state index contributed by atoms with van der Waals surface area (Å²) in [6.45, 7) is 11.0. The summed E-state index contributed by atoms with van der Waals surface area (Å²) in [6, 6.07) is 0. The lowest BCUT2D eigenvalue weighted by Crippen LogP contribution is -2.25. The highest BCUT2D eigenvalue weighted by molar-refractivity contribution is 4.98. The molecule has 13 heavy (non-hydrogen) atoms. The maximum atomic E-state index is 4.10. The lowest BCUT2D eigenvalue weighted by atomic mass is 9.70. The average molecular weight is 180 g/mol. The summed E-state index contributed by atoms with van der Waals surface area (Å²) in [6.07, 6.45) is 7.16. The molecule has 0 aromatic rings. The number of rotatable bonds is 3. The Balaban J connectivity index is 2.58. The fourth-order valence-corrected chi connectivity index (χ4v) is 2.77. The lowest BCUT2D eigenvalue weighted by Gasteiger charge is -2.35. The van der Waals surface area contributed by atoms with Crippen molar-refractivity contribution in [3.05, 3.63) is 12.2 Å². The van der Waals surface area contributed by atoms with Gasteiger partial charge in [-0.25, -0.2) is 0 Å². The van der Waals surface area contributed by atoms with Gasteiger partial charge in [0.1, 0.15) is 0 Å². The topological polar surface area (TPSA) is 0 Å². The van der Waals surface area contributed by atoms with Crippen LogP contribution in [0.4, 0.5) is 0 Å². The highest BCUT2D eigenvalue weighted by atomic mass is 14.3. The van der Waals surface area contributed by atoms with Crippen molar-refractivity contribution in [1.82, 2.24) is 0 Å². The van der Waals surface area contributed by atoms with E-state index < -0.39 is 0 Å². The largest absolute Gasteiger partial charge is 0.0999 e. The summed E-state index contributed by atoms with van der Waals surface area (Å²) in [4.78, 5) is 0. The predicted octanol–water partition coefficient (Wildman–Crippen LogP) is 4.42. The first-order chi connectivity index (χ1) is 6.16. The first-order valence-electron chi connectivity index (χ1n) is 5.82. The zero-order valence-electron chi connectivity index (χ0n) is 9.47. The van der Waals surface area contributed by atoms with E-state index in [1.54, 1.807) is 0 Å². The Hall–Kier alpha value is -0.260. The van der Waals surface area contributed by atoms with Gasteiger partial charge in [0.25, 0.3) is 0 Å². The van der Waals surface area contributed by atoms with Gasteiger partial charge in [0.2, 0.25) is 0 Å². The van der Waals surface area contributed by atoms with E-state index in [1.165, 1.54) is 37.7 Å². The fraction of sp³-hybridized carbons (Fsp3) is 0.846. The fourth-order valence-electron chi connectivity index (χ4n) is 2.77. The number of hydrogen-bond acceptors (Lipinski definition) is 0. The van der Waals surface area contributed by atoms with Gasteiger partial charge >= 0.3 is 0 Å². The third-order valence-corrected chi connectivity index (χ3v) is 3.91. The van der Waals surface area contributed by atoms with Crippen LogP contribution in [0.2, 0.25) is 0 Å². The standard InChI is InChI=1S/C13H24/c1-5-12-8-6-7-9-13(12)11(4)10(2)3/h11-13H,2,5-9H2,1,3-4H3. The van der Waals surface area contributed by atoms with Crippen LogP contribution in [-0.2, 0) is 0 Å². The number of hydrogen-bond donors (Lipinski definition) is 0. The lowest BCUT2D eigenvalue weighted by molar-refractivity contribution is 0.184. The maximum Gasteiger partial charge on any atom is -0.0206 e. The molecule has 0 radical (unpaired) electrons. The highest BCUT2D eigenvalue weighted by Gasteiger charge is 2.28. The van der Waals surface area contributed by atoms with Crippen molar-refractivity contribution in [2.75, 3.05) is 0 Å². The quantitative estimate of drug-likeness (QED) is 0.564. The molecule has 1 aliphatic rings. The normalized spacial score (nSPS) is 31.3.